The number of aliphatic hydroxyl groups is 1. The predicted octanol–water partition coefficient (Wildman–Crippen LogP) is 5.03. The Balaban J connectivity index is 1.26. The molecule has 0 bridgehead atoms. The molecular weight excluding hydrogens is 584 g/mol. The number of carboxylic acid groups (broad SMARTS) is 1. The SMILES string of the molecule is CC(C)CN(C[C@H](O)[C@H](Cc1ccc(OCc2ccc3ccccc3c2)cc1)NC(=O)O)S(=O)(=O)c1ccc2c(c1)OCO2. The molecule has 0 aliphatic carbocycles. The van der Waals surface area contributed by atoms with Gasteiger partial charge in [-0.15, -0.1) is 0 Å². The number of amides is 1. The maximum absolute atomic E-state index is 13.6. The topological polar surface area (TPSA) is 135 Å². The maximum atomic E-state index is 13.6. The van der Waals surface area contributed by atoms with E-state index in [0.717, 1.165) is 21.9 Å². The lowest BCUT2D eigenvalue weighted by Crippen LogP contribution is -2.50. The second kappa shape index (κ2) is 13.5. The maximum Gasteiger partial charge on any atom is 0.404 e. The minimum atomic E-state index is -4.05. The summed E-state index contributed by atoms with van der Waals surface area (Å²) in [4.78, 5) is 11.6. The highest BCUT2D eigenvalue weighted by Gasteiger charge is 2.32. The molecule has 0 fully saturated rings. The largest absolute Gasteiger partial charge is 0.489 e. The van der Waals surface area contributed by atoms with Gasteiger partial charge < -0.3 is 29.7 Å². The molecule has 10 nitrogen and oxygen atoms in total. The molecule has 11 heteroatoms. The summed E-state index contributed by atoms with van der Waals surface area (Å²) in [6.07, 6.45) is -2.52. The van der Waals surface area contributed by atoms with E-state index in [-0.39, 0.29) is 37.1 Å². The van der Waals surface area contributed by atoms with Gasteiger partial charge in [0.25, 0.3) is 0 Å². The van der Waals surface area contributed by atoms with Gasteiger partial charge in [-0.25, -0.2) is 13.2 Å². The number of hydrogen-bond acceptors (Lipinski definition) is 7. The summed E-state index contributed by atoms with van der Waals surface area (Å²) in [5.41, 5.74) is 1.78. The number of carbonyl (C=O) groups is 1. The zero-order valence-corrected chi connectivity index (χ0v) is 25.4. The molecule has 4 aromatic rings. The fourth-order valence-electron chi connectivity index (χ4n) is 5.11. The van der Waals surface area contributed by atoms with Crippen LogP contribution in [0.1, 0.15) is 25.0 Å². The van der Waals surface area contributed by atoms with Gasteiger partial charge >= 0.3 is 6.09 Å². The first kappa shape index (κ1) is 31.1. The summed E-state index contributed by atoms with van der Waals surface area (Å²) in [7, 11) is -4.05. The second-order valence-corrected chi connectivity index (χ2v) is 13.1. The fraction of sp³-hybridized carbons (Fsp3) is 0.303. The van der Waals surface area contributed by atoms with Gasteiger partial charge in [0.1, 0.15) is 12.4 Å². The lowest BCUT2D eigenvalue weighted by molar-refractivity contribution is 0.0980. The van der Waals surface area contributed by atoms with Gasteiger partial charge in [-0.05, 0) is 64.6 Å². The Bertz CT molecular complexity index is 1710. The number of benzene rings is 4. The molecule has 2 atom stereocenters. The number of hydrogen-bond donors (Lipinski definition) is 3. The molecule has 5 rings (SSSR count). The smallest absolute Gasteiger partial charge is 0.404 e. The van der Waals surface area contributed by atoms with Crippen molar-refractivity contribution in [2.45, 2.75) is 43.9 Å². The Hall–Kier alpha value is -4.32. The van der Waals surface area contributed by atoms with Crippen molar-refractivity contribution in [3.05, 3.63) is 96.1 Å². The van der Waals surface area contributed by atoms with Gasteiger partial charge in [0.15, 0.2) is 11.5 Å². The van der Waals surface area contributed by atoms with Crippen LogP contribution < -0.4 is 19.5 Å². The van der Waals surface area contributed by atoms with Gasteiger partial charge in [0.05, 0.1) is 17.0 Å². The standard InChI is InChI=1S/C33H36N2O8S/c1-22(2)18-35(44(39,40)28-13-14-31-32(17-28)43-21-42-31)19-30(36)29(34-33(37)38)16-23-8-11-27(12-9-23)41-20-24-7-10-25-5-3-4-6-26(25)15-24/h3-15,17,22,29-30,34,36H,16,18-21H2,1-2H3,(H,37,38)/t29-,30-/m0/s1. The molecule has 1 heterocycles. The van der Waals surface area contributed by atoms with Crippen molar-refractivity contribution < 1.29 is 37.6 Å². The van der Waals surface area contributed by atoms with E-state index in [1.165, 1.54) is 22.5 Å². The average molecular weight is 621 g/mol. The summed E-state index contributed by atoms with van der Waals surface area (Å²) in [6, 6.07) is 24.8. The van der Waals surface area contributed by atoms with Crippen LogP contribution in [0.4, 0.5) is 4.79 Å². The van der Waals surface area contributed by atoms with Crippen molar-refractivity contribution in [2.24, 2.45) is 5.92 Å². The predicted molar refractivity (Wildman–Crippen MR) is 166 cm³/mol. The molecule has 4 aromatic carbocycles. The van der Waals surface area contributed by atoms with Crippen LogP contribution in [0.25, 0.3) is 10.8 Å². The molecule has 0 spiro atoms. The highest BCUT2D eigenvalue weighted by atomic mass is 32.2. The molecule has 44 heavy (non-hydrogen) atoms. The summed E-state index contributed by atoms with van der Waals surface area (Å²) in [5.74, 6) is 1.36. The summed E-state index contributed by atoms with van der Waals surface area (Å²) in [6.45, 7) is 3.93. The minimum Gasteiger partial charge on any atom is -0.489 e. The quantitative estimate of drug-likeness (QED) is 0.189. The van der Waals surface area contributed by atoms with E-state index in [1.54, 1.807) is 24.3 Å². The highest BCUT2D eigenvalue weighted by molar-refractivity contribution is 7.89. The molecule has 0 saturated carbocycles. The summed E-state index contributed by atoms with van der Waals surface area (Å²) in [5, 5.41) is 25.4. The van der Waals surface area contributed by atoms with Crippen LogP contribution in [0.3, 0.4) is 0 Å². The first-order valence-corrected chi connectivity index (χ1v) is 15.8. The number of nitrogens with zero attached hydrogens (tertiary/aromatic N) is 1. The third kappa shape index (κ3) is 7.60. The monoisotopic (exact) mass is 620 g/mol. The Kier molecular flexibility index (Phi) is 9.58. The van der Waals surface area contributed by atoms with Crippen LogP contribution in [0.5, 0.6) is 17.2 Å². The van der Waals surface area contributed by atoms with E-state index < -0.39 is 28.3 Å². The van der Waals surface area contributed by atoms with Crippen LogP contribution >= 0.6 is 0 Å². The van der Waals surface area contributed by atoms with Crippen molar-refractivity contribution in [3.8, 4) is 17.2 Å². The third-order valence-electron chi connectivity index (χ3n) is 7.31. The second-order valence-electron chi connectivity index (χ2n) is 11.2. The van der Waals surface area contributed by atoms with Crippen LogP contribution in [-0.2, 0) is 23.1 Å². The molecule has 0 aromatic heterocycles. The van der Waals surface area contributed by atoms with Gasteiger partial charge in [0.2, 0.25) is 16.8 Å². The first-order chi connectivity index (χ1) is 21.1. The Morgan fingerprint density at radius 2 is 1.61 bits per heavy atom. The number of nitrogens with one attached hydrogen (secondary N) is 1. The van der Waals surface area contributed by atoms with Crippen molar-refractivity contribution in [2.75, 3.05) is 19.9 Å². The summed E-state index contributed by atoms with van der Waals surface area (Å²) >= 11 is 0. The van der Waals surface area contributed by atoms with Gasteiger partial charge in [-0.2, -0.15) is 4.31 Å². The normalized spacial score (nSPS) is 14.1. The molecule has 1 aliphatic heterocycles. The number of rotatable bonds is 13. The number of aliphatic hydroxyl groups excluding tert-OH is 1. The van der Waals surface area contributed by atoms with Crippen LogP contribution in [0.15, 0.2) is 89.8 Å². The van der Waals surface area contributed by atoms with E-state index in [9.17, 15) is 23.4 Å². The van der Waals surface area contributed by atoms with Crippen molar-refractivity contribution in [3.63, 3.8) is 0 Å². The van der Waals surface area contributed by atoms with Crippen molar-refractivity contribution in [1.29, 1.82) is 0 Å². The lowest BCUT2D eigenvalue weighted by atomic mass is 10.0. The van der Waals surface area contributed by atoms with Gasteiger partial charge in [0, 0.05) is 19.2 Å². The number of fused-ring (bicyclic) bond motifs is 2. The molecule has 0 saturated heterocycles. The number of ether oxygens (including phenoxy) is 3. The van der Waals surface area contributed by atoms with E-state index in [1.807, 2.05) is 32.0 Å². The fourth-order valence-corrected chi connectivity index (χ4v) is 6.75. The zero-order valence-electron chi connectivity index (χ0n) is 24.5. The molecule has 1 aliphatic rings. The molecule has 0 unspecified atom stereocenters. The molecule has 0 radical (unpaired) electrons. The van der Waals surface area contributed by atoms with Gasteiger partial charge in [-0.1, -0.05) is 62.4 Å². The molecule has 3 N–H and O–H groups in total. The van der Waals surface area contributed by atoms with Crippen LogP contribution in [0.2, 0.25) is 0 Å². The van der Waals surface area contributed by atoms with E-state index >= 15 is 0 Å². The van der Waals surface area contributed by atoms with Crippen LogP contribution in [0, 0.1) is 5.92 Å². The lowest BCUT2D eigenvalue weighted by Gasteiger charge is -2.30. The molecule has 1 amide bonds. The molecular formula is C33H36N2O8S. The average Bonchev–Trinajstić information content (AvgIpc) is 3.48. The number of sulfonamides is 1. The zero-order chi connectivity index (χ0) is 31.3. The Morgan fingerprint density at radius 1 is 0.909 bits per heavy atom. The van der Waals surface area contributed by atoms with E-state index in [0.29, 0.717) is 23.9 Å². The van der Waals surface area contributed by atoms with E-state index in [2.05, 4.69) is 29.6 Å². The Labute approximate surface area is 256 Å². The van der Waals surface area contributed by atoms with Crippen LogP contribution in [-0.4, -0.2) is 61.1 Å². The van der Waals surface area contributed by atoms with E-state index in [4.69, 9.17) is 14.2 Å². The third-order valence-corrected chi connectivity index (χ3v) is 9.14. The summed E-state index contributed by atoms with van der Waals surface area (Å²) < 4.78 is 45.1. The van der Waals surface area contributed by atoms with Crippen molar-refractivity contribution >= 4 is 26.9 Å². The van der Waals surface area contributed by atoms with Gasteiger partial charge in [-0.3, -0.25) is 0 Å². The Morgan fingerprint density at radius 3 is 2.34 bits per heavy atom. The first-order valence-electron chi connectivity index (χ1n) is 14.4. The minimum absolute atomic E-state index is 0.00313. The van der Waals surface area contributed by atoms with Crippen molar-refractivity contribution in [1.82, 2.24) is 9.62 Å². The molecule has 232 valence electrons. The highest BCUT2D eigenvalue weighted by Crippen LogP contribution is 2.35.